The molecule has 0 fully saturated rings. The Kier molecular flexibility index (Phi) is 3.12. The van der Waals surface area contributed by atoms with Crippen molar-refractivity contribution in [1.29, 1.82) is 0 Å². The Bertz CT molecular complexity index is 465. The molecule has 4 heteroatoms. The van der Waals surface area contributed by atoms with Gasteiger partial charge in [0.1, 0.15) is 0 Å². The Morgan fingerprint density at radius 3 is 2.62 bits per heavy atom. The number of nitrogens with zero attached hydrogens (tertiary/aromatic N) is 2. The van der Waals surface area contributed by atoms with Gasteiger partial charge in [0, 0.05) is 12.2 Å². The summed E-state index contributed by atoms with van der Waals surface area (Å²) in [6.07, 6.45) is 1.72. The van der Waals surface area contributed by atoms with Crippen molar-refractivity contribution in [2.45, 2.75) is 13.5 Å². The summed E-state index contributed by atoms with van der Waals surface area (Å²) >= 11 is 0. The van der Waals surface area contributed by atoms with E-state index < -0.39 is 0 Å². The van der Waals surface area contributed by atoms with Gasteiger partial charge < -0.3 is 11.1 Å². The van der Waals surface area contributed by atoms with Crippen LogP contribution in [-0.4, -0.2) is 10.2 Å². The van der Waals surface area contributed by atoms with E-state index in [1.54, 1.807) is 6.20 Å². The van der Waals surface area contributed by atoms with Crippen LogP contribution in [-0.2, 0) is 6.54 Å². The lowest BCUT2D eigenvalue weighted by molar-refractivity contribution is 1.02. The zero-order valence-electron chi connectivity index (χ0n) is 9.14. The van der Waals surface area contributed by atoms with Crippen LogP contribution in [0.15, 0.2) is 36.5 Å². The zero-order chi connectivity index (χ0) is 11.4. The molecule has 2 aromatic rings. The van der Waals surface area contributed by atoms with Crippen LogP contribution in [0.4, 0.5) is 11.5 Å². The molecule has 1 aromatic carbocycles. The molecule has 82 valence electrons. The molecule has 1 heterocycles. The van der Waals surface area contributed by atoms with Crippen molar-refractivity contribution in [3.8, 4) is 0 Å². The van der Waals surface area contributed by atoms with Gasteiger partial charge in [0.05, 0.1) is 6.20 Å². The van der Waals surface area contributed by atoms with Crippen LogP contribution in [0.5, 0.6) is 0 Å². The maximum absolute atomic E-state index is 5.53. The maximum Gasteiger partial charge on any atom is 0.153 e. The molecule has 0 saturated carbocycles. The highest BCUT2D eigenvalue weighted by Gasteiger charge is 1.97. The Hall–Kier alpha value is -1.94. The molecule has 0 aliphatic heterocycles. The van der Waals surface area contributed by atoms with Crippen molar-refractivity contribution < 1.29 is 0 Å². The zero-order valence-corrected chi connectivity index (χ0v) is 9.14. The van der Waals surface area contributed by atoms with E-state index in [2.05, 4.69) is 15.5 Å². The average molecular weight is 214 g/mol. The smallest absolute Gasteiger partial charge is 0.153 e. The van der Waals surface area contributed by atoms with Crippen molar-refractivity contribution >= 4 is 11.5 Å². The summed E-state index contributed by atoms with van der Waals surface area (Å²) in [6.45, 7) is 2.54. The van der Waals surface area contributed by atoms with Gasteiger partial charge in [-0.1, -0.05) is 12.1 Å². The van der Waals surface area contributed by atoms with E-state index in [1.165, 1.54) is 0 Å². The monoisotopic (exact) mass is 214 g/mol. The minimum atomic E-state index is 0.560. The number of anilines is 2. The third-order valence-corrected chi connectivity index (χ3v) is 2.25. The second kappa shape index (κ2) is 4.72. The normalized spacial score (nSPS) is 10.1. The van der Waals surface area contributed by atoms with E-state index in [9.17, 15) is 0 Å². The van der Waals surface area contributed by atoms with Crippen LogP contribution in [0.25, 0.3) is 0 Å². The molecule has 0 bridgehead atoms. The summed E-state index contributed by atoms with van der Waals surface area (Å²) < 4.78 is 0. The Morgan fingerprint density at radius 1 is 1.25 bits per heavy atom. The lowest BCUT2D eigenvalue weighted by Gasteiger charge is -2.05. The molecular weight excluding hydrogens is 200 g/mol. The van der Waals surface area contributed by atoms with E-state index in [4.69, 9.17) is 5.73 Å². The Balaban J connectivity index is 2.14. The first-order valence-electron chi connectivity index (χ1n) is 5.13. The van der Waals surface area contributed by atoms with Crippen molar-refractivity contribution in [1.82, 2.24) is 10.2 Å². The van der Waals surface area contributed by atoms with Crippen molar-refractivity contribution in [2.24, 2.45) is 5.73 Å². The van der Waals surface area contributed by atoms with Gasteiger partial charge in [-0.05, 0) is 36.2 Å². The van der Waals surface area contributed by atoms with Crippen LogP contribution in [0.2, 0.25) is 0 Å². The highest BCUT2D eigenvalue weighted by molar-refractivity contribution is 5.56. The molecule has 1 aromatic heterocycles. The fourth-order valence-electron chi connectivity index (χ4n) is 1.40. The first-order chi connectivity index (χ1) is 7.78. The number of benzene rings is 1. The van der Waals surface area contributed by atoms with Crippen LogP contribution in [0.1, 0.15) is 11.1 Å². The quantitative estimate of drug-likeness (QED) is 0.820. The lowest BCUT2D eigenvalue weighted by Crippen LogP contribution is -1.98. The standard InChI is InChI=1S/C12H14N4/c1-9-6-12(16-14-8-9)15-11-4-2-10(7-13)3-5-11/h2-6,8H,7,13H2,1H3,(H,15,16). The molecular formula is C12H14N4. The number of nitrogens with one attached hydrogen (secondary N) is 1. The minimum Gasteiger partial charge on any atom is -0.339 e. The number of aryl methyl sites for hydroxylation is 1. The summed E-state index contributed by atoms with van der Waals surface area (Å²) in [5, 5.41) is 11.1. The predicted molar refractivity (Wildman–Crippen MR) is 64.4 cm³/mol. The molecule has 4 nitrogen and oxygen atoms in total. The lowest BCUT2D eigenvalue weighted by atomic mass is 10.2. The molecule has 0 aliphatic carbocycles. The fraction of sp³-hybridized carbons (Fsp3) is 0.167. The molecule has 0 radical (unpaired) electrons. The highest BCUT2D eigenvalue weighted by atomic mass is 15.2. The van der Waals surface area contributed by atoms with Crippen LogP contribution in [0, 0.1) is 6.92 Å². The molecule has 0 spiro atoms. The summed E-state index contributed by atoms with van der Waals surface area (Å²) in [5.74, 6) is 0.750. The van der Waals surface area contributed by atoms with Gasteiger partial charge in [-0.25, -0.2) is 0 Å². The van der Waals surface area contributed by atoms with Crippen LogP contribution >= 0.6 is 0 Å². The minimum absolute atomic E-state index is 0.560. The third-order valence-electron chi connectivity index (χ3n) is 2.25. The summed E-state index contributed by atoms with van der Waals surface area (Å²) in [5.41, 5.74) is 8.70. The van der Waals surface area contributed by atoms with E-state index in [1.807, 2.05) is 37.3 Å². The van der Waals surface area contributed by atoms with Crippen LogP contribution < -0.4 is 11.1 Å². The van der Waals surface area contributed by atoms with Gasteiger partial charge in [-0.15, -0.1) is 5.10 Å². The second-order valence-electron chi connectivity index (χ2n) is 3.64. The van der Waals surface area contributed by atoms with E-state index in [0.717, 1.165) is 22.6 Å². The number of hydrogen-bond donors (Lipinski definition) is 2. The van der Waals surface area contributed by atoms with Gasteiger partial charge in [0.15, 0.2) is 5.82 Å². The summed E-state index contributed by atoms with van der Waals surface area (Å²) in [7, 11) is 0. The van der Waals surface area contributed by atoms with Crippen molar-refractivity contribution in [2.75, 3.05) is 5.32 Å². The van der Waals surface area contributed by atoms with Crippen LogP contribution in [0.3, 0.4) is 0 Å². The predicted octanol–water partition coefficient (Wildman–Crippen LogP) is 1.99. The Labute approximate surface area is 94.5 Å². The van der Waals surface area contributed by atoms with Gasteiger partial charge in [0.2, 0.25) is 0 Å². The molecule has 16 heavy (non-hydrogen) atoms. The Morgan fingerprint density at radius 2 is 2.00 bits per heavy atom. The number of aromatic nitrogens is 2. The molecule has 0 amide bonds. The number of nitrogens with two attached hydrogens (primary N) is 1. The third kappa shape index (κ3) is 2.55. The van der Waals surface area contributed by atoms with Gasteiger partial charge >= 0.3 is 0 Å². The second-order valence-corrected chi connectivity index (χ2v) is 3.64. The van der Waals surface area contributed by atoms with Gasteiger partial charge in [0.25, 0.3) is 0 Å². The summed E-state index contributed by atoms with van der Waals surface area (Å²) in [6, 6.07) is 9.89. The molecule has 0 aliphatic rings. The first kappa shape index (κ1) is 10.6. The topological polar surface area (TPSA) is 63.8 Å². The molecule has 0 atom stereocenters. The fourth-order valence-corrected chi connectivity index (χ4v) is 1.40. The molecule has 0 unspecified atom stereocenters. The average Bonchev–Trinajstić information content (AvgIpc) is 2.30. The SMILES string of the molecule is Cc1cnnc(Nc2ccc(CN)cc2)c1. The van der Waals surface area contributed by atoms with E-state index >= 15 is 0 Å². The van der Waals surface area contributed by atoms with E-state index in [0.29, 0.717) is 6.54 Å². The number of hydrogen-bond acceptors (Lipinski definition) is 4. The van der Waals surface area contributed by atoms with Crippen molar-refractivity contribution in [3.63, 3.8) is 0 Å². The van der Waals surface area contributed by atoms with Gasteiger partial charge in [-0.3, -0.25) is 0 Å². The largest absolute Gasteiger partial charge is 0.339 e. The molecule has 2 rings (SSSR count). The van der Waals surface area contributed by atoms with Crippen molar-refractivity contribution in [3.05, 3.63) is 47.7 Å². The highest BCUT2D eigenvalue weighted by Crippen LogP contribution is 2.14. The molecule has 3 N–H and O–H groups in total. The summed E-state index contributed by atoms with van der Waals surface area (Å²) in [4.78, 5) is 0. The van der Waals surface area contributed by atoms with Gasteiger partial charge in [-0.2, -0.15) is 5.10 Å². The first-order valence-corrected chi connectivity index (χ1v) is 5.13. The molecule has 0 saturated heterocycles. The number of rotatable bonds is 3. The van der Waals surface area contributed by atoms with E-state index in [-0.39, 0.29) is 0 Å². The maximum atomic E-state index is 5.53.